The van der Waals surface area contributed by atoms with Gasteiger partial charge in [-0.3, -0.25) is 14.5 Å². The molecule has 0 spiro atoms. The van der Waals surface area contributed by atoms with Crippen molar-refractivity contribution in [2.75, 3.05) is 20.1 Å². The third-order valence-corrected chi connectivity index (χ3v) is 10.4. The van der Waals surface area contributed by atoms with E-state index in [0.717, 1.165) is 26.7 Å². The molecular formula is C40H56N6O6S. The zero-order chi connectivity index (χ0) is 39.1. The van der Waals surface area contributed by atoms with E-state index in [4.69, 9.17) is 0 Å². The minimum atomic E-state index is -1.24. The van der Waals surface area contributed by atoms with Crippen LogP contribution in [0.2, 0.25) is 0 Å². The number of hydrogen-bond acceptors (Lipinski definition) is 7. The van der Waals surface area contributed by atoms with E-state index in [9.17, 15) is 29.4 Å². The van der Waals surface area contributed by atoms with Gasteiger partial charge in [-0.15, -0.1) is 11.3 Å². The van der Waals surface area contributed by atoms with Crippen molar-refractivity contribution >= 4 is 35.3 Å². The molecule has 0 saturated carbocycles. The van der Waals surface area contributed by atoms with Crippen molar-refractivity contribution in [1.29, 1.82) is 0 Å². The first-order valence-electron chi connectivity index (χ1n) is 18.1. The van der Waals surface area contributed by atoms with Crippen molar-refractivity contribution in [3.05, 3.63) is 87.9 Å². The number of hydrogen-bond donors (Lipinski definition) is 4. The van der Waals surface area contributed by atoms with Gasteiger partial charge in [0.2, 0.25) is 11.8 Å². The molecular weight excluding hydrogens is 693 g/mol. The van der Waals surface area contributed by atoms with Crippen molar-refractivity contribution in [1.82, 2.24) is 30.3 Å². The summed E-state index contributed by atoms with van der Waals surface area (Å²) in [5.74, 6) is -0.853. The van der Waals surface area contributed by atoms with Gasteiger partial charge < -0.3 is 30.6 Å². The third-order valence-electron chi connectivity index (χ3n) is 9.57. The van der Waals surface area contributed by atoms with E-state index >= 15 is 0 Å². The Morgan fingerprint density at radius 3 is 1.98 bits per heavy atom. The Labute approximate surface area is 317 Å². The van der Waals surface area contributed by atoms with Crippen LogP contribution in [-0.4, -0.2) is 104 Å². The topological polar surface area (TPSA) is 155 Å². The Morgan fingerprint density at radius 1 is 0.887 bits per heavy atom. The molecule has 2 aromatic carbocycles. The number of carbonyl (C=O) groups is 4. The number of aliphatic hydroxyl groups is 1. The summed E-state index contributed by atoms with van der Waals surface area (Å²) in [4.78, 5) is 62.9. The van der Waals surface area contributed by atoms with Gasteiger partial charge in [0.05, 0.1) is 29.4 Å². The van der Waals surface area contributed by atoms with Crippen LogP contribution in [0.25, 0.3) is 0 Å². The van der Waals surface area contributed by atoms with E-state index in [1.807, 2.05) is 93.7 Å². The molecule has 0 radical (unpaired) electrons. The molecule has 3 aromatic rings. The second-order valence-electron chi connectivity index (χ2n) is 16.2. The van der Waals surface area contributed by atoms with E-state index < -0.39 is 53.1 Å². The molecule has 4 rings (SSSR count). The first-order valence-corrected chi connectivity index (χ1v) is 19.0. The summed E-state index contributed by atoms with van der Waals surface area (Å²) in [6, 6.07) is 15.6. The number of nitrogens with zero attached hydrogens (tertiary/aromatic N) is 4. The zero-order valence-electron chi connectivity index (χ0n) is 32.2. The first kappa shape index (κ1) is 41.3. The van der Waals surface area contributed by atoms with Crippen LogP contribution in [0, 0.1) is 17.8 Å². The van der Waals surface area contributed by atoms with Crippen molar-refractivity contribution in [2.24, 2.45) is 10.8 Å². The van der Waals surface area contributed by atoms with Crippen LogP contribution >= 0.6 is 11.3 Å². The van der Waals surface area contributed by atoms with Gasteiger partial charge in [-0.1, -0.05) is 102 Å². The van der Waals surface area contributed by atoms with Gasteiger partial charge in [0, 0.05) is 31.6 Å². The fourth-order valence-corrected chi connectivity index (χ4v) is 7.77. The lowest BCUT2D eigenvalue weighted by Crippen LogP contribution is -2.59. The molecule has 288 valence electrons. The Morgan fingerprint density at radius 2 is 1.47 bits per heavy atom. The fraction of sp³-hybridized carbons (Fsp3) is 0.525. The quantitative estimate of drug-likeness (QED) is 0.164. The summed E-state index contributed by atoms with van der Waals surface area (Å²) in [7, 11) is 1.36. The number of aliphatic hydroxyl groups excluding tert-OH is 1. The molecule has 2 heterocycles. The van der Waals surface area contributed by atoms with Crippen molar-refractivity contribution < 1.29 is 29.4 Å². The van der Waals surface area contributed by atoms with E-state index in [2.05, 4.69) is 15.6 Å². The average molecular weight is 749 g/mol. The number of likely N-dealkylation sites (N-methyl/N-ethyl adjacent to an activating group) is 1. The molecule has 12 nitrogen and oxygen atoms in total. The van der Waals surface area contributed by atoms with E-state index in [1.165, 1.54) is 18.4 Å². The van der Waals surface area contributed by atoms with Crippen LogP contribution in [-0.2, 0) is 29.0 Å². The average Bonchev–Trinajstić information content (AvgIpc) is 3.64. The smallest absolute Gasteiger partial charge is 0.407 e. The summed E-state index contributed by atoms with van der Waals surface area (Å²) in [5, 5.41) is 30.8. The lowest BCUT2D eigenvalue weighted by molar-refractivity contribution is -0.131. The number of amides is 5. The molecule has 1 aromatic heterocycles. The molecule has 1 saturated heterocycles. The molecule has 1 aliphatic rings. The Hall–Kier alpha value is -4.49. The van der Waals surface area contributed by atoms with Crippen LogP contribution in [0.15, 0.2) is 66.0 Å². The molecule has 13 heteroatoms. The number of benzene rings is 2. The molecule has 1 fully saturated rings. The third kappa shape index (κ3) is 11.3. The molecule has 0 unspecified atom stereocenters. The van der Waals surface area contributed by atoms with Gasteiger partial charge in [0.25, 0.3) is 0 Å². The Kier molecular flexibility index (Phi) is 13.7. The second-order valence-corrected chi connectivity index (χ2v) is 17.3. The maximum atomic E-state index is 14.4. The summed E-state index contributed by atoms with van der Waals surface area (Å²) < 4.78 is 0. The predicted molar refractivity (Wildman–Crippen MR) is 206 cm³/mol. The van der Waals surface area contributed by atoms with Gasteiger partial charge in [0.15, 0.2) is 0 Å². The first-order chi connectivity index (χ1) is 24.8. The molecule has 0 aliphatic carbocycles. The van der Waals surface area contributed by atoms with Crippen molar-refractivity contribution in [3.8, 4) is 0 Å². The number of carboxylic acid groups (broad SMARTS) is 1. The van der Waals surface area contributed by atoms with E-state index in [0.29, 0.717) is 26.1 Å². The number of nitrogens with one attached hydrogen (secondary N) is 2. The number of aromatic nitrogens is 1. The lowest BCUT2D eigenvalue weighted by Gasteiger charge is -2.38. The largest absolute Gasteiger partial charge is 0.465 e. The summed E-state index contributed by atoms with van der Waals surface area (Å²) in [5.41, 5.74) is 1.27. The monoisotopic (exact) mass is 748 g/mol. The maximum absolute atomic E-state index is 14.4. The van der Waals surface area contributed by atoms with Crippen molar-refractivity contribution in [2.45, 2.75) is 105 Å². The van der Waals surface area contributed by atoms with Crippen LogP contribution in [0.3, 0.4) is 0 Å². The predicted octanol–water partition coefficient (Wildman–Crippen LogP) is 5.33. The molecule has 5 amide bonds. The second kappa shape index (κ2) is 17.6. The highest BCUT2D eigenvalue weighted by Crippen LogP contribution is 2.30. The van der Waals surface area contributed by atoms with Gasteiger partial charge in [0.1, 0.15) is 12.1 Å². The highest BCUT2D eigenvalue weighted by Gasteiger charge is 2.44. The van der Waals surface area contributed by atoms with Crippen molar-refractivity contribution in [3.63, 3.8) is 0 Å². The van der Waals surface area contributed by atoms with Gasteiger partial charge in [-0.05, 0) is 48.1 Å². The molecule has 4 N–H and O–H groups in total. The number of thiazole rings is 1. The summed E-state index contributed by atoms with van der Waals surface area (Å²) >= 11 is 1.53. The van der Waals surface area contributed by atoms with Gasteiger partial charge in [-0.25, -0.2) is 14.6 Å². The summed E-state index contributed by atoms with van der Waals surface area (Å²) in [6.45, 7) is 14.3. The normalized spacial score (nSPS) is 16.4. The highest BCUT2D eigenvalue weighted by molar-refractivity contribution is 7.09. The maximum Gasteiger partial charge on any atom is 0.407 e. The van der Waals surface area contributed by atoms with Gasteiger partial charge in [-0.2, -0.15) is 0 Å². The van der Waals surface area contributed by atoms with E-state index in [-0.39, 0.29) is 24.8 Å². The van der Waals surface area contributed by atoms with Crippen LogP contribution < -0.4 is 10.6 Å². The Bertz CT molecular complexity index is 1690. The zero-order valence-corrected chi connectivity index (χ0v) is 33.0. The number of rotatable bonds is 15. The SMILES string of the molecule is Cc1nc(CN2CCN([C@H](C(=O)N[C@@H](Cc3ccccc3)C[C@@H](O)[C@H](Cc3ccccc3)NC(=O)[C@@H](N(C)C(=O)O)C(C)(C)C)C(C)(C)C)C2=O)cs1. The molecule has 0 bridgehead atoms. The molecule has 1 aliphatic heterocycles. The summed E-state index contributed by atoms with van der Waals surface area (Å²) in [6.07, 6.45) is -1.64. The number of urea groups is 1. The minimum Gasteiger partial charge on any atom is -0.465 e. The number of aryl methyl sites for hydroxylation is 1. The van der Waals surface area contributed by atoms with Crippen LogP contribution in [0.4, 0.5) is 9.59 Å². The highest BCUT2D eigenvalue weighted by atomic mass is 32.1. The standard InChI is InChI=1S/C40H56N6O6S/c1-26-41-30(25-53-26)24-45-19-20-46(37(45)50)34(40(5,6)7)36(49)42-29(21-27-15-11-9-12-16-27)23-32(47)31(22-28-17-13-10-14-18-28)43-35(48)33(39(2,3)4)44(8)38(51)52/h9-18,25,29,31-34,47H,19-24H2,1-8H3,(H,42,49)(H,43,48)(H,51,52)/t29-,31-,32+,33+,34+/m0/s1. The molecule has 5 atom stereocenters. The lowest BCUT2D eigenvalue weighted by atomic mass is 9.84. The van der Waals surface area contributed by atoms with Crippen LogP contribution in [0.1, 0.15) is 69.8 Å². The van der Waals surface area contributed by atoms with Gasteiger partial charge >= 0.3 is 12.1 Å². The number of carbonyl (C=O) groups excluding carboxylic acids is 3. The minimum absolute atomic E-state index is 0.0769. The van der Waals surface area contributed by atoms with E-state index in [1.54, 1.807) is 30.6 Å². The van der Waals surface area contributed by atoms with Crippen LogP contribution in [0.5, 0.6) is 0 Å². The Balaban J connectivity index is 1.60. The fourth-order valence-electron chi connectivity index (χ4n) is 7.17. The molecule has 53 heavy (non-hydrogen) atoms.